The lowest BCUT2D eigenvalue weighted by Crippen LogP contribution is -2.42. The molecule has 116 valence electrons. The minimum absolute atomic E-state index is 0.0000368. The van der Waals surface area contributed by atoms with E-state index in [2.05, 4.69) is 18.3 Å². The van der Waals surface area contributed by atoms with Crippen LogP contribution in [0.25, 0.3) is 0 Å². The Bertz CT molecular complexity index is 593. The zero-order chi connectivity index (χ0) is 15.5. The van der Waals surface area contributed by atoms with Crippen molar-refractivity contribution in [3.8, 4) is 11.8 Å². The summed E-state index contributed by atoms with van der Waals surface area (Å²) in [4.78, 5) is 12.0. The second-order valence-electron chi connectivity index (χ2n) is 6.62. The van der Waals surface area contributed by atoms with Gasteiger partial charge in [0.15, 0.2) is 6.61 Å². The van der Waals surface area contributed by atoms with E-state index in [9.17, 15) is 4.79 Å². The molecule has 1 N–H and O–H groups in total. The van der Waals surface area contributed by atoms with Gasteiger partial charge in [0.05, 0.1) is 11.6 Å². The van der Waals surface area contributed by atoms with Crippen LogP contribution in [-0.2, 0) is 4.79 Å². The van der Waals surface area contributed by atoms with Crippen molar-refractivity contribution >= 4 is 5.91 Å². The van der Waals surface area contributed by atoms with Gasteiger partial charge in [-0.05, 0) is 62.1 Å². The second-order valence-corrected chi connectivity index (χ2v) is 6.62. The Labute approximate surface area is 131 Å². The zero-order valence-corrected chi connectivity index (χ0v) is 12.9. The number of benzene rings is 1. The van der Waals surface area contributed by atoms with Crippen LogP contribution in [0.5, 0.6) is 5.75 Å². The molecule has 0 aliphatic heterocycles. The summed E-state index contributed by atoms with van der Waals surface area (Å²) in [7, 11) is 0. The van der Waals surface area contributed by atoms with Crippen molar-refractivity contribution in [2.24, 2.45) is 17.8 Å². The second kappa shape index (κ2) is 6.39. The van der Waals surface area contributed by atoms with Crippen molar-refractivity contribution in [2.75, 3.05) is 6.61 Å². The molecule has 2 aliphatic carbocycles. The molecule has 0 radical (unpaired) electrons. The third-order valence-electron chi connectivity index (χ3n) is 5.16. The Morgan fingerprint density at radius 2 is 2.32 bits per heavy atom. The van der Waals surface area contributed by atoms with E-state index in [4.69, 9.17) is 10.00 Å². The van der Waals surface area contributed by atoms with Crippen LogP contribution in [0.15, 0.2) is 24.3 Å². The molecule has 0 unspecified atom stereocenters. The summed E-state index contributed by atoms with van der Waals surface area (Å²) in [6, 6.07) is 9.15. The van der Waals surface area contributed by atoms with Crippen LogP contribution in [0.4, 0.5) is 0 Å². The van der Waals surface area contributed by atoms with Crippen molar-refractivity contribution in [3.63, 3.8) is 0 Å². The standard InChI is InChI=1S/C18H22N2O2/c1-12(17-9-13-5-6-15(17)7-13)20-18(21)11-22-16-4-2-3-14(8-16)10-19/h2-4,8,12-13,15,17H,5-7,9,11H2,1H3,(H,20,21)/t12-,13+,15+,17+/m1/s1. The number of nitrogens with zero attached hydrogens (tertiary/aromatic N) is 1. The topological polar surface area (TPSA) is 62.1 Å². The van der Waals surface area contributed by atoms with Gasteiger partial charge in [0.25, 0.3) is 5.91 Å². The molecular weight excluding hydrogens is 276 g/mol. The molecular formula is C18H22N2O2. The Morgan fingerprint density at radius 3 is 3.00 bits per heavy atom. The molecule has 2 bridgehead atoms. The molecule has 1 amide bonds. The van der Waals surface area contributed by atoms with Crippen molar-refractivity contribution in [2.45, 2.75) is 38.6 Å². The summed E-state index contributed by atoms with van der Waals surface area (Å²) in [5.74, 6) is 2.79. The predicted octanol–water partition coefficient (Wildman–Crippen LogP) is 2.88. The SMILES string of the molecule is C[C@@H](NC(=O)COc1cccc(C#N)c1)[C@@H]1C[C@H]2CC[C@H]1C2. The molecule has 2 saturated carbocycles. The maximum Gasteiger partial charge on any atom is 0.258 e. The van der Waals surface area contributed by atoms with E-state index < -0.39 is 0 Å². The molecule has 1 aromatic rings. The maximum atomic E-state index is 12.0. The Morgan fingerprint density at radius 1 is 1.45 bits per heavy atom. The number of carbonyl (C=O) groups excluding carboxylic acids is 1. The molecule has 0 aromatic heterocycles. The van der Waals surface area contributed by atoms with E-state index in [0.29, 0.717) is 17.2 Å². The molecule has 4 nitrogen and oxygen atoms in total. The van der Waals surface area contributed by atoms with Crippen LogP contribution in [0.1, 0.15) is 38.2 Å². The number of nitrogens with one attached hydrogen (secondary N) is 1. The van der Waals surface area contributed by atoms with Crippen LogP contribution in [0.3, 0.4) is 0 Å². The van der Waals surface area contributed by atoms with Crippen LogP contribution >= 0.6 is 0 Å². The maximum absolute atomic E-state index is 12.0. The summed E-state index contributed by atoms with van der Waals surface area (Å²) in [6.07, 6.45) is 5.31. The van der Waals surface area contributed by atoms with Gasteiger partial charge in [0, 0.05) is 6.04 Å². The summed E-state index contributed by atoms with van der Waals surface area (Å²) in [5.41, 5.74) is 0.535. The fraction of sp³-hybridized carbons (Fsp3) is 0.556. The Kier molecular flexibility index (Phi) is 4.33. The Balaban J connectivity index is 1.47. The summed E-state index contributed by atoms with van der Waals surface area (Å²) >= 11 is 0. The van der Waals surface area contributed by atoms with Gasteiger partial charge < -0.3 is 10.1 Å². The van der Waals surface area contributed by atoms with E-state index in [1.54, 1.807) is 24.3 Å². The Hall–Kier alpha value is -2.02. The van der Waals surface area contributed by atoms with Crippen molar-refractivity contribution in [1.29, 1.82) is 5.26 Å². The average molecular weight is 298 g/mol. The molecule has 0 saturated heterocycles. The number of hydrogen-bond donors (Lipinski definition) is 1. The largest absolute Gasteiger partial charge is 0.484 e. The van der Waals surface area contributed by atoms with E-state index in [1.165, 1.54) is 25.7 Å². The number of rotatable bonds is 5. The number of amides is 1. The van der Waals surface area contributed by atoms with Crippen molar-refractivity contribution in [1.82, 2.24) is 5.32 Å². The molecule has 0 spiro atoms. The number of ether oxygens (including phenoxy) is 1. The first-order valence-corrected chi connectivity index (χ1v) is 8.08. The van der Waals surface area contributed by atoms with Gasteiger partial charge in [-0.1, -0.05) is 12.5 Å². The number of fused-ring (bicyclic) bond motifs is 2. The minimum atomic E-state index is -0.0855. The summed E-state index contributed by atoms with van der Waals surface area (Å²) < 4.78 is 5.47. The monoisotopic (exact) mass is 298 g/mol. The molecule has 3 rings (SSSR count). The lowest BCUT2D eigenvalue weighted by molar-refractivity contribution is -0.124. The van der Waals surface area contributed by atoms with Crippen molar-refractivity contribution < 1.29 is 9.53 Å². The third kappa shape index (κ3) is 3.24. The zero-order valence-electron chi connectivity index (χ0n) is 12.9. The van der Waals surface area contributed by atoms with Gasteiger partial charge in [-0.2, -0.15) is 5.26 Å². The number of hydrogen-bond acceptors (Lipinski definition) is 3. The highest BCUT2D eigenvalue weighted by Gasteiger charge is 2.42. The number of nitriles is 1. The minimum Gasteiger partial charge on any atom is -0.484 e. The van der Waals surface area contributed by atoms with Crippen LogP contribution in [0, 0.1) is 29.1 Å². The fourth-order valence-corrected chi connectivity index (χ4v) is 4.11. The van der Waals surface area contributed by atoms with Crippen molar-refractivity contribution in [3.05, 3.63) is 29.8 Å². The van der Waals surface area contributed by atoms with Crippen LogP contribution in [-0.4, -0.2) is 18.6 Å². The highest BCUT2D eigenvalue weighted by atomic mass is 16.5. The molecule has 2 fully saturated rings. The molecule has 0 heterocycles. The highest BCUT2D eigenvalue weighted by Crippen LogP contribution is 2.49. The van der Waals surface area contributed by atoms with E-state index in [-0.39, 0.29) is 18.6 Å². The predicted molar refractivity (Wildman–Crippen MR) is 83.2 cm³/mol. The first kappa shape index (κ1) is 14.9. The van der Waals surface area contributed by atoms with E-state index in [1.807, 2.05) is 0 Å². The van der Waals surface area contributed by atoms with Gasteiger partial charge >= 0.3 is 0 Å². The number of carbonyl (C=O) groups is 1. The molecule has 22 heavy (non-hydrogen) atoms. The van der Waals surface area contributed by atoms with Gasteiger partial charge in [-0.25, -0.2) is 0 Å². The first-order chi connectivity index (χ1) is 10.7. The summed E-state index contributed by atoms with van der Waals surface area (Å²) in [6.45, 7) is 2.11. The normalized spacial score (nSPS) is 27.2. The molecule has 4 heteroatoms. The lowest BCUT2D eigenvalue weighted by Gasteiger charge is -2.28. The van der Waals surface area contributed by atoms with Gasteiger partial charge in [-0.3, -0.25) is 4.79 Å². The van der Waals surface area contributed by atoms with E-state index >= 15 is 0 Å². The van der Waals surface area contributed by atoms with Crippen LogP contribution in [0.2, 0.25) is 0 Å². The average Bonchev–Trinajstić information content (AvgIpc) is 3.16. The smallest absolute Gasteiger partial charge is 0.258 e. The van der Waals surface area contributed by atoms with Gasteiger partial charge in [0.2, 0.25) is 0 Å². The molecule has 2 aliphatic rings. The first-order valence-electron chi connectivity index (χ1n) is 8.08. The summed E-state index contributed by atoms with van der Waals surface area (Å²) in [5, 5.41) is 11.9. The quantitative estimate of drug-likeness (QED) is 0.909. The van der Waals surface area contributed by atoms with E-state index in [0.717, 1.165) is 11.8 Å². The third-order valence-corrected chi connectivity index (χ3v) is 5.16. The van der Waals surface area contributed by atoms with Gasteiger partial charge in [-0.15, -0.1) is 0 Å². The van der Waals surface area contributed by atoms with Crippen LogP contribution < -0.4 is 10.1 Å². The lowest BCUT2D eigenvalue weighted by atomic mass is 9.84. The van der Waals surface area contributed by atoms with Gasteiger partial charge in [0.1, 0.15) is 5.75 Å². The molecule has 4 atom stereocenters. The molecule has 1 aromatic carbocycles. The highest BCUT2D eigenvalue weighted by molar-refractivity contribution is 5.77. The fourth-order valence-electron chi connectivity index (χ4n) is 4.11.